The van der Waals surface area contributed by atoms with E-state index < -0.39 is 37.9 Å². The summed E-state index contributed by atoms with van der Waals surface area (Å²) < 4.78 is 96.3. The fraction of sp³-hybridized carbons (Fsp3) is 0.375. The van der Waals surface area contributed by atoms with E-state index in [4.69, 9.17) is 0 Å². The van der Waals surface area contributed by atoms with Crippen LogP contribution in [0.4, 0.5) is 13.2 Å². The Labute approximate surface area is 220 Å². The van der Waals surface area contributed by atoms with Crippen LogP contribution in [0.25, 0.3) is 0 Å². The number of sulfone groups is 1. The standard InChI is InChI=1S/C24H28F3N5O4S2/c1-3-32-21(17-9-11-18(12-10-17)37(2,33)34)20(30-38(35,36)19-7-5-4-6-8-19)22(29-23(32)24(25,26)27)31-15-13-28-14-16-31/h4-12,21,28,30H,3,13-16H2,1-2H3. The van der Waals surface area contributed by atoms with E-state index in [0.717, 1.165) is 11.2 Å². The Morgan fingerprint density at radius 3 is 2.11 bits per heavy atom. The maximum atomic E-state index is 14.3. The molecule has 2 aliphatic rings. The summed E-state index contributed by atoms with van der Waals surface area (Å²) in [5.74, 6) is -1.28. The molecule has 206 valence electrons. The van der Waals surface area contributed by atoms with Crippen LogP contribution >= 0.6 is 0 Å². The average Bonchev–Trinajstić information content (AvgIpc) is 2.88. The lowest BCUT2D eigenvalue weighted by Crippen LogP contribution is -2.52. The molecule has 0 radical (unpaired) electrons. The molecule has 9 nitrogen and oxygen atoms in total. The molecular weight excluding hydrogens is 543 g/mol. The molecule has 0 amide bonds. The monoisotopic (exact) mass is 571 g/mol. The summed E-state index contributed by atoms with van der Waals surface area (Å²) in [6.07, 6.45) is -3.80. The summed E-state index contributed by atoms with van der Waals surface area (Å²) in [6.45, 7) is 2.94. The highest BCUT2D eigenvalue weighted by molar-refractivity contribution is 7.90. The predicted molar refractivity (Wildman–Crippen MR) is 136 cm³/mol. The molecule has 0 saturated carbocycles. The van der Waals surface area contributed by atoms with Gasteiger partial charge < -0.3 is 15.1 Å². The molecule has 14 heteroatoms. The second-order valence-electron chi connectivity index (χ2n) is 8.86. The molecule has 2 aliphatic heterocycles. The minimum Gasteiger partial charge on any atom is -0.352 e. The number of amidine groups is 1. The third-order valence-corrected chi connectivity index (χ3v) is 8.75. The van der Waals surface area contributed by atoms with Crippen LogP contribution in [0.3, 0.4) is 0 Å². The van der Waals surface area contributed by atoms with Crippen molar-refractivity contribution < 1.29 is 30.0 Å². The number of nitrogens with one attached hydrogen (secondary N) is 2. The van der Waals surface area contributed by atoms with E-state index in [1.165, 1.54) is 43.3 Å². The lowest BCUT2D eigenvalue weighted by molar-refractivity contribution is -0.0710. The number of nitrogens with zero attached hydrogens (tertiary/aromatic N) is 3. The Kier molecular flexibility index (Phi) is 7.77. The molecule has 2 aromatic rings. The van der Waals surface area contributed by atoms with E-state index in [-0.39, 0.29) is 33.4 Å². The number of benzene rings is 2. The Balaban J connectivity index is 1.96. The smallest absolute Gasteiger partial charge is 0.352 e. The third kappa shape index (κ3) is 5.81. The van der Waals surface area contributed by atoms with Crippen LogP contribution in [-0.2, 0) is 19.9 Å². The van der Waals surface area contributed by atoms with E-state index >= 15 is 0 Å². The van der Waals surface area contributed by atoms with Gasteiger partial charge in [0.05, 0.1) is 15.5 Å². The van der Waals surface area contributed by atoms with Gasteiger partial charge >= 0.3 is 6.18 Å². The topological polar surface area (TPSA) is 111 Å². The zero-order valence-electron chi connectivity index (χ0n) is 20.7. The largest absolute Gasteiger partial charge is 0.449 e. The molecule has 1 saturated heterocycles. The minimum atomic E-state index is -4.83. The van der Waals surface area contributed by atoms with Crippen molar-refractivity contribution in [1.82, 2.24) is 19.8 Å². The predicted octanol–water partition coefficient (Wildman–Crippen LogP) is 2.48. The number of rotatable bonds is 7. The molecule has 2 N–H and O–H groups in total. The van der Waals surface area contributed by atoms with Crippen molar-refractivity contribution in [3.05, 3.63) is 71.7 Å². The van der Waals surface area contributed by atoms with Gasteiger partial charge in [-0.3, -0.25) is 4.72 Å². The Morgan fingerprint density at radius 2 is 1.58 bits per heavy atom. The lowest BCUT2D eigenvalue weighted by Gasteiger charge is -2.42. The molecule has 1 unspecified atom stereocenters. The quantitative estimate of drug-likeness (QED) is 0.525. The van der Waals surface area contributed by atoms with E-state index in [0.29, 0.717) is 26.2 Å². The molecule has 38 heavy (non-hydrogen) atoms. The first-order chi connectivity index (χ1) is 17.8. The summed E-state index contributed by atoms with van der Waals surface area (Å²) in [4.78, 5) is 6.52. The number of alkyl halides is 3. The number of sulfonamides is 1. The van der Waals surface area contributed by atoms with Crippen molar-refractivity contribution in [2.24, 2.45) is 4.99 Å². The molecule has 0 bridgehead atoms. The van der Waals surface area contributed by atoms with Crippen LogP contribution in [0.1, 0.15) is 18.5 Å². The highest BCUT2D eigenvalue weighted by atomic mass is 32.2. The molecule has 0 spiro atoms. The highest BCUT2D eigenvalue weighted by Crippen LogP contribution is 2.39. The van der Waals surface area contributed by atoms with Crippen molar-refractivity contribution in [2.75, 3.05) is 39.0 Å². The van der Waals surface area contributed by atoms with Crippen LogP contribution in [0.5, 0.6) is 0 Å². The van der Waals surface area contributed by atoms with Gasteiger partial charge in [0.2, 0.25) is 5.84 Å². The van der Waals surface area contributed by atoms with E-state index in [1.54, 1.807) is 23.1 Å². The maximum Gasteiger partial charge on any atom is 0.449 e. The van der Waals surface area contributed by atoms with E-state index in [1.807, 2.05) is 0 Å². The van der Waals surface area contributed by atoms with Crippen molar-refractivity contribution in [3.63, 3.8) is 0 Å². The van der Waals surface area contributed by atoms with Gasteiger partial charge in [-0.2, -0.15) is 13.2 Å². The maximum absolute atomic E-state index is 14.3. The fourth-order valence-electron chi connectivity index (χ4n) is 4.45. The molecule has 2 heterocycles. The number of likely N-dealkylation sites (N-methyl/N-ethyl adjacent to an activating group) is 1. The third-order valence-electron chi connectivity index (χ3n) is 6.24. The SMILES string of the molecule is CCN1C(C(F)(F)F)=NC(N2CCNCC2)=C(NS(=O)(=O)c2ccccc2)C1c1ccc(S(C)(=O)=O)cc1. The van der Waals surface area contributed by atoms with Crippen LogP contribution in [0, 0.1) is 0 Å². The van der Waals surface area contributed by atoms with Crippen LogP contribution < -0.4 is 10.0 Å². The van der Waals surface area contributed by atoms with E-state index in [2.05, 4.69) is 15.0 Å². The minimum absolute atomic E-state index is 0.0115. The zero-order chi connectivity index (χ0) is 27.7. The number of halogens is 3. The highest BCUT2D eigenvalue weighted by Gasteiger charge is 2.47. The van der Waals surface area contributed by atoms with Crippen LogP contribution in [0.2, 0.25) is 0 Å². The number of piperazine rings is 1. The summed E-state index contributed by atoms with van der Waals surface area (Å²) in [5.41, 5.74) is 0.229. The van der Waals surface area contributed by atoms with Crippen LogP contribution in [-0.4, -0.2) is 77.6 Å². The molecular formula is C24H28F3N5O4S2. The van der Waals surface area contributed by atoms with Crippen molar-refractivity contribution >= 4 is 25.7 Å². The summed E-state index contributed by atoms with van der Waals surface area (Å²) in [7, 11) is -7.78. The number of aliphatic imine (C=N–C) groups is 1. The van der Waals surface area contributed by atoms with Gasteiger partial charge in [0.25, 0.3) is 10.0 Å². The molecule has 0 aromatic heterocycles. The first-order valence-electron chi connectivity index (χ1n) is 11.8. The van der Waals surface area contributed by atoms with Gasteiger partial charge in [-0.05, 0) is 36.8 Å². The van der Waals surface area contributed by atoms with Gasteiger partial charge in [0.1, 0.15) is 6.04 Å². The molecule has 4 rings (SSSR count). The van der Waals surface area contributed by atoms with Gasteiger partial charge in [-0.1, -0.05) is 30.3 Å². The Hall–Kier alpha value is -3.10. The van der Waals surface area contributed by atoms with Crippen molar-refractivity contribution in [2.45, 2.75) is 28.9 Å². The van der Waals surface area contributed by atoms with Gasteiger partial charge in [-0.25, -0.2) is 21.8 Å². The number of hydrogen-bond donors (Lipinski definition) is 2. The van der Waals surface area contributed by atoms with Gasteiger partial charge in [0.15, 0.2) is 15.7 Å². The first kappa shape index (κ1) is 27.9. The summed E-state index contributed by atoms with van der Waals surface area (Å²) in [5, 5.41) is 3.13. The second kappa shape index (κ2) is 10.6. The fourth-order valence-corrected chi connectivity index (χ4v) is 6.21. The van der Waals surface area contributed by atoms with Crippen LogP contribution in [0.15, 0.2) is 80.9 Å². The molecule has 1 atom stereocenters. The van der Waals surface area contributed by atoms with Crippen molar-refractivity contribution in [3.8, 4) is 0 Å². The van der Waals surface area contributed by atoms with Gasteiger partial charge in [0, 0.05) is 39.0 Å². The molecule has 1 fully saturated rings. The Bertz CT molecular complexity index is 1440. The summed E-state index contributed by atoms with van der Waals surface area (Å²) >= 11 is 0. The summed E-state index contributed by atoms with van der Waals surface area (Å²) in [6, 6.07) is 11.6. The van der Waals surface area contributed by atoms with E-state index in [9.17, 15) is 30.0 Å². The van der Waals surface area contributed by atoms with Crippen molar-refractivity contribution in [1.29, 1.82) is 0 Å². The molecule has 2 aromatic carbocycles. The normalized spacial score (nSPS) is 19.4. The second-order valence-corrected chi connectivity index (χ2v) is 12.6. The lowest BCUT2D eigenvalue weighted by atomic mass is 9.99. The zero-order valence-corrected chi connectivity index (χ0v) is 22.4. The Morgan fingerprint density at radius 1 is 0.974 bits per heavy atom. The van der Waals surface area contributed by atoms with Gasteiger partial charge in [-0.15, -0.1) is 0 Å². The molecule has 0 aliphatic carbocycles. The first-order valence-corrected chi connectivity index (χ1v) is 15.2. The number of hydrogen-bond acceptors (Lipinski definition) is 8. The average molecular weight is 572 g/mol.